The highest BCUT2D eigenvalue weighted by Gasteiger charge is 2.20. The van der Waals surface area contributed by atoms with Crippen LogP contribution < -0.4 is 23.7 Å². The molecule has 0 fully saturated rings. The summed E-state index contributed by atoms with van der Waals surface area (Å²) < 4.78 is 32.7. The summed E-state index contributed by atoms with van der Waals surface area (Å²) in [5.74, 6) is 13.2. The summed E-state index contributed by atoms with van der Waals surface area (Å²) in [6.07, 6.45) is 39.5. The lowest BCUT2D eigenvalue weighted by Crippen LogP contribution is -2.11. The molecule has 0 aliphatic heterocycles. The average molecular weight is 1120 g/mol. The summed E-state index contributed by atoms with van der Waals surface area (Å²) in [4.78, 5) is 0. The van der Waals surface area contributed by atoms with Crippen LogP contribution in [0.25, 0.3) is 0 Å². The molecule has 0 bridgehead atoms. The molecular weight excluding hydrogens is 981 g/mol. The summed E-state index contributed by atoms with van der Waals surface area (Å²) in [6.45, 7) is 40.6. The zero-order chi connectivity index (χ0) is 59.1. The van der Waals surface area contributed by atoms with Crippen molar-refractivity contribution < 1.29 is 23.7 Å². The molecule has 0 radical (unpaired) electrons. The van der Waals surface area contributed by atoms with E-state index in [1.807, 2.05) is 12.1 Å². The van der Waals surface area contributed by atoms with Crippen LogP contribution in [0.5, 0.6) is 28.7 Å². The Labute approximate surface area is 499 Å². The molecule has 466 valence electrons. The van der Waals surface area contributed by atoms with Crippen molar-refractivity contribution in [1.29, 1.82) is 0 Å². The van der Waals surface area contributed by atoms with Gasteiger partial charge in [0, 0.05) is 6.07 Å². The van der Waals surface area contributed by atoms with Crippen molar-refractivity contribution in [1.82, 2.24) is 0 Å². The summed E-state index contributed by atoms with van der Waals surface area (Å²) in [6, 6.07) is 10.3. The minimum atomic E-state index is 0.394. The molecule has 2 aromatic rings. The molecule has 0 aliphatic carbocycles. The smallest absolute Gasteiger partial charge is 0.203 e. The highest BCUT2D eigenvalue weighted by atomic mass is 16.5. The van der Waals surface area contributed by atoms with E-state index in [-0.39, 0.29) is 0 Å². The molecule has 0 aliphatic rings. The van der Waals surface area contributed by atoms with Crippen molar-refractivity contribution >= 4 is 0 Å². The molecule has 0 amide bonds. The highest BCUT2D eigenvalue weighted by Crippen LogP contribution is 2.41. The topological polar surface area (TPSA) is 46.2 Å². The van der Waals surface area contributed by atoms with Crippen molar-refractivity contribution in [2.24, 2.45) is 71.0 Å². The Hall–Kier alpha value is -2.56. The first kappa shape index (κ1) is 73.5. The maximum atomic E-state index is 6.89. The lowest BCUT2D eigenvalue weighted by molar-refractivity contribution is 0.214. The van der Waals surface area contributed by atoms with E-state index in [2.05, 4.69) is 129 Å². The second-order valence-electron chi connectivity index (χ2n) is 28.8. The first-order valence-corrected chi connectivity index (χ1v) is 34.6. The molecule has 0 aromatic heterocycles. The van der Waals surface area contributed by atoms with Gasteiger partial charge in [0.05, 0.1) is 26.9 Å². The Morgan fingerprint density at radius 1 is 0.300 bits per heavy atom. The van der Waals surface area contributed by atoms with Gasteiger partial charge < -0.3 is 23.7 Å². The van der Waals surface area contributed by atoms with E-state index in [0.29, 0.717) is 44.2 Å². The summed E-state index contributed by atoms with van der Waals surface area (Å²) in [5.41, 5.74) is 2.10. The second-order valence-corrected chi connectivity index (χ2v) is 28.8. The number of hydrogen-bond donors (Lipinski definition) is 0. The van der Waals surface area contributed by atoms with Crippen LogP contribution in [-0.4, -0.2) is 26.9 Å². The first-order valence-electron chi connectivity index (χ1n) is 34.6. The molecule has 80 heavy (non-hydrogen) atoms. The Morgan fingerprint density at radius 3 is 0.863 bits per heavy atom. The van der Waals surface area contributed by atoms with Gasteiger partial charge in [0.15, 0.2) is 11.5 Å². The van der Waals surface area contributed by atoms with Crippen LogP contribution in [0.4, 0.5) is 0 Å². The van der Waals surface area contributed by atoms with Crippen LogP contribution in [0.15, 0.2) is 30.3 Å². The van der Waals surface area contributed by atoms with Gasteiger partial charge in [-0.3, -0.25) is 0 Å². The Balaban J connectivity index is 2.15. The number of hydrogen-bond acceptors (Lipinski definition) is 5. The fourth-order valence-corrected chi connectivity index (χ4v) is 12.0. The third-order valence-electron chi connectivity index (χ3n) is 18.3. The van der Waals surface area contributed by atoms with E-state index in [4.69, 9.17) is 23.7 Å². The minimum Gasteiger partial charge on any atom is -0.497 e. The molecule has 2 rings (SSSR count). The number of benzene rings is 2. The molecule has 2 aromatic carbocycles. The maximum absolute atomic E-state index is 6.89. The molecule has 0 spiro atoms. The highest BCUT2D eigenvalue weighted by molar-refractivity contribution is 5.54. The fraction of sp³-hybridized carbons (Fsp3) is 0.840. The first-order chi connectivity index (χ1) is 38.2. The Morgan fingerprint density at radius 2 is 0.575 bits per heavy atom. The van der Waals surface area contributed by atoms with Crippen LogP contribution in [0.2, 0.25) is 0 Å². The van der Waals surface area contributed by atoms with Gasteiger partial charge in [-0.25, -0.2) is 0 Å². The summed E-state index contributed by atoms with van der Waals surface area (Å²) >= 11 is 0. The fourth-order valence-electron chi connectivity index (χ4n) is 12.0. The van der Waals surface area contributed by atoms with Crippen LogP contribution in [-0.2, 0) is 6.61 Å². The second kappa shape index (κ2) is 44.9. The Kier molecular flexibility index (Phi) is 41.3. The summed E-state index contributed by atoms with van der Waals surface area (Å²) in [7, 11) is 1.71. The quantitative estimate of drug-likeness (QED) is 0.0661. The predicted octanol–water partition coefficient (Wildman–Crippen LogP) is 24.1. The lowest BCUT2D eigenvalue weighted by atomic mass is 9.91. The number of aryl methyl sites for hydroxylation is 1. The zero-order valence-corrected chi connectivity index (χ0v) is 56.4. The third kappa shape index (κ3) is 37.6. The van der Waals surface area contributed by atoms with Crippen LogP contribution >= 0.6 is 0 Å². The maximum Gasteiger partial charge on any atom is 0.203 e. The van der Waals surface area contributed by atoms with Crippen LogP contribution in [0.3, 0.4) is 0 Å². The molecule has 3 unspecified atom stereocenters. The van der Waals surface area contributed by atoms with Gasteiger partial charge in [-0.1, -0.05) is 283 Å². The summed E-state index contributed by atoms with van der Waals surface area (Å²) in [5, 5.41) is 0. The van der Waals surface area contributed by atoms with Gasteiger partial charge >= 0.3 is 0 Å². The predicted molar refractivity (Wildman–Crippen MR) is 350 cm³/mol. The van der Waals surface area contributed by atoms with E-state index in [9.17, 15) is 0 Å². The molecule has 0 saturated heterocycles. The van der Waals surface area contributed by atoms with Gasteiger partial charge in [-0.2, -0.15) is 0 Å². The van der Waals surface area contributed by atoms with Crippen LogP contribution in [0.1, 0.15) is 308 Å². The van der Waals surface area contributed by atoms with Gasteiger partial charge in [0.2, 0.25) is 5.75 Å². The standard InChI is InChI=1S/C75H136O5/c1-57(2)27-18-30-60(7)33-21-36-63(10)39-24-42-66(13)47-50-77-73-53-70(56-80-72-55-71(76-17)46-45-69(72)16)54-74(78-51-48-67(14)43-25-40-64(11)37-22-34-61(8)31-19-28-58(3)4)75(73)79-52-49-68(15)44-26-41-65(12)38-23-35-62(9)32-20-29-59(5)6/h45-46,53-55,57-68H,18-44,47-52,56H2,1-17H3/t60-,61-,62-,63-,64-,65-,66?,67?,68?/m1/s1. The molecular formula is C75H136O5. The minimum absolute atomic E-state index is 0.394. The van der Waals surface area contributed by atoms with Crippen molar-refractivity contribution in [2.75, 3.05) is 26.9 Å². The van der Waals surface area contributed by atoms with Gasteiger partial charge in [-0.15, -0.1) is 0 Å². The number of ether oxygens (including phenoxy) is 5. The lowest BCUT2D eigenvalue weighted by Gasteiger charge is -2.21. The van der Waals surface area contributed by atoms with E-state index in [1.165, 1.54) is 173 Å². The monoisotopic (exact) mass is 1120 g/mol. The van der Waals surface area contributed by atoms with Gasteiger partial charge in [-0.05, 0) is 127 Å². The number of methoxy groups -OCH3 is 1. The van der Waals surface area contributed by atoms with Crippen molar-refractivity contribution in [3.05, 3.63) is 41.5 Å². The normalized spacial score (nSPS) is 15.4. The zero-order valence-electron chi connectivity index (χ0n) is 56.4. The molecule has 5 heteroatoms. The molecule has 0 saturated carbocycles. The Bertz CT molecular complexity index is 1700. The van der Waals surface area contributed by atoms with Crippen molar-refractivity contribution in [2.45, 2.75) is 310 Å². The van der Waals surface area contributed by atoms with E-state index in [0.717, 1.165) is 112 Å². The van der Waals surface area contributed by atoms with Gasteiger partial charge in [0.25, 0.3) is 0 Å². The van der Waals surface area contributed by atoms with E-state index in [1.54, 1.807) is 7.11 Å². The van der Waals surface area contributed by atoms with Crippen LogP contribution in [0, 0.1) is 77.9 Å². The van der Waals surface area contributed by atoms with Crippen molar-refractivity contribution in [3.63, 3.8) is 0 Å². The van der Waals surface area contributed by atoms with E-state index >= 15 is 0 Å². The molecule has 0 N–H and O–H groups in total. The van der Waals surface area contributed by atoms with Crippen molar-refractivity contribution in [3.8, 4) is 28.7 Å². The molecule has 9 atom stereocenters. The molecule has 0 heterocycles. The largest absolute Gasteiger partial charge is 0.497 e. The van der Waals surface area contributed by atoms with Gasteiger partial charge in [0.1, 0.15) is 18.1 Å². The number of rotatable bonds is 52. The third-order valence-corrected chi connectivity index (χ3v) is 18.3. The average Bonchev–Trinajstić information content (AvgIpc) is 3.38. The van der Waals surface area contributed by atoms with E-state index < -0.39 is 0 Å². The molecule has 5 nitrogen and oxygen atoms in total. The SMILES string of the molecule is COc1ccc(C)c(OCc2cc(OCCC(C)CCC[C@H](C)CCC[C@H](C)CCCC(C)C)c(OCCC(C)CCC[C@H](C)CCC[C@H](C)CCCC(C)C)c(OCCC(C)CCC[C@H](C)CCC[C@H](C)CCCC(C)C)c2)c1.